The van der Waals surface area contributed by atoms with Gasteiger partial charge in [0, 0.05) is 6.07 Å². The fourth-order valence-corrected chi connectivity index (χ4v) is 0.677. The van der Waals surface area contributed by atoms with E-state index in [9.17, 15) is 4.39 Å². The summed E-state index contributed by atoms with van der Waals surface area (Å²) < 4.78 is 17.5. The number of aromatic nitrogens is 1. The van der Waals surface area contributed by atoms with Gasteiger partial charge in [-0.1, -0.05) is 13.0 Å². The van der Waals surface area contributed by atoms with Gasteiger partial charge in [-0.3, -0.25) is 0 Å². The van der Waals surface area contributed by atoms with Gasteiger partial charge in [0.05, 0.1) is 6.61 Å². The van der Waals surface area contributed by atoms with Crippen LogP contribution >= 0.6 is 0 Å². The third-order valence-corrected chi connectivity index (χ3v) is 1.14. The van der Waals surface area contributed by atoms with Crippen molar-refractivity contribution in [3.8, 4) is 5.88 Å². The molecule has 0 bridgehead atoms. The molecule has 1 heterocycles. The predicted octanol–water partition coefficient (Wildman–Crippen LogP) is 2.01. The molecular formula is C8H10FNO. The first kappa shape index (κ1) is 7.98. The van der Waals surface area contributed by atoms with E-state index >= 15 is 0 Å². The van der Waals surface area contributed by atoms with E-state index in [1.54, 1.807) is 12.1 Å². The molecule has 0 aliphatic heterocycles. The van der Waals surface area contributed by atoms with Gasteiger partial charge >= 0.3 is 0 Å². The zero-order valence-corrected chi connectivity index (χ0v) is 6.38. The molecule has 1 aromatic rings. The van der Waals surface area contributed by atoms with Gasteiger partial charge in [0.25, 0.3) is 0 Å². The van der Waals surface area contributed by atoms with Crippen LogP contribution < -0.4 is 4.74 Å². The Morgan fingerprint density at radius 1 is 1.55 bits per heavy atom. The molecule has 0 saturated carbocycles. The number of nitrogens with zero attached hydrogens (tertiary/aromatic N) is 1. The van der Waals surface area contributed by atoms with Crippen LogP contribution in [0.15, 0.2) is 18.2 Å². The quantitative estimate of drug-likeness (QED) is 0.623. The Bertz CT molecular complexity index is 227. The molecule has 0 spiro atoms. The summed E-state index contributed by atoms with van der Waals surface area (Å²) >= 11 is 0. The second kappa shape index (κ2) is 3.91. The van der Waals surface area contributed by atoms with Crippen LogP contribution in [0.25, 0.3) is 0 Å². The smallest absolute Gasteiger partial charge is 0.216 e. The van der Waals surface area contributed by atoms with Gasteiger partial charge in [-0.05, 0) is 12.5 Å². The molecule has 0 saturated heterocycles. The van der Waals surface area contributed by atoms with Crippen molar-refractivity contribution in [2.75, 3.05) is 6.61 Å². The van der Waals surface area contributed by atoms with Crippen molar-refractivity contribution in [1.29, 1.82) is 0 Å². The van der Waals surface area contributed by atoms with E-state index in [0.717, 1.165) is 6.42 Å². The summed E-state index contributed by atoms with van der Waals surface area (Å²) in [5.74, 6) is -0.148. The Hall–Kier alpha value is -1.12. The standard InChI is InChI=1S/C8H10FNO/c1-2-6-11-8-5-3-4-7(9)10-8/h3-5H,2,6H2,1H3. The van der Waals surface area contributed by atoms with Gasteiger partial charge in [0.15, 0.2) is 0 Å². The minimum Gasteiger partial charge on any atom is -0.478 e. The number of halogens is 1. The van der Waals surface area contributed by atoms with Crippen molar-refractivity contribution >= 4 is 0 Å². The second-order valence-corrected chi connectivity index (χ2v) is 2.15. The van der Waals surface area contributed by atoms with Crippen LogP contribution in [0.4, 0.5) is 4.39 Å². The molecule has 0 aliphatic carbocycles. The Kier molecular flexibility index (Phi) is 2.83. The van der Waals surface area contributed by atoms with Crippen LogP contribution in [-0.2, 0) is 0 Å². The second-order valence-electron chi connectivity index (χ2n) is 2.15. The third kappa shape index (κ3) is 2.53. The fraction of sp³-hybridized carbons (Fsp3) is 0.375. The van der Waals surface area contributed by atoms with Crippen LogP contribution in [0.2, 0.25) is 0 Å². The minimum absolute atomic E-state index is 0.354. The summed E-state index contributed by atoms with van der Waals surface area (Å²) in [6.45, 7) is 2.57. The summed E-state index contributed by atoms with van der Waals surface area (Å²) in [4.78, 5) is 3.52. The molecule has 0 amide bonds. The third-order valence-electron chi connectivity index (χ3n) is 1.14. The van der Waals surface area contributed by atoms with E-state index in [1.807, 2.05) is 6.92 Å². The molecule has 0 fully saturated rings. The number of hydrogen-bond donors (Lipinski definition) is 0. The summed E-state index contributed by atoms with van der Waals surface area (Å²) in [6.07, 6.45) is 0.901. The van der Waals surface area contributed by atoms with Gasteiger partial charge in [0.2, 0.25) is 11.8 Å². The SMILES string of the molecule is CCCOc1cccc(F)n1. The van der Waals surface area contributed by atoms with E-state index in [-0.39, 0.29) is 0 Å². The van der Waals surface area contributed by atoms with Gasteiger partial charge < -0.3 is 4.74 Å². The highest BCUT2D eigenvalue weighted by Crippen LogP contribution is 2.05. The molecule has 0 unspecified atom stereocenters. The molecule has 3 heteroatoms. The average Bonchev–Trinajstić information content (AvgIpc) is 2.01. The Morgan fingerprint density at radius 3 is 3.00 bits per heavy atom. The fourth-order valence-electron chi connectivity index (χ4n) is 0.677. The van der Waals surface area contributed by atoms with E-state index < -0.39 is 5.95 Å². The molecule has 0 radical (unpaired) electrons. The molecule has 1 aromatic heterocycles. The van der Waals surface area contributed by atoms with E-state index in [0.29, 0.717) is 12.5 Å². The molecule has 0 aromatic carbocycles. The van der Waals surface area contributed by atoms with Crippen LogP contribution in [0.5, 0.6) is 5.88 Å². The Morgan fingerprint density at radius 2 is 2.36 bits per heavy atom. The van der Waals surface area contributed by atoms with Crippen LogP contribution in [-0.4, -0.2) is 11.6 Å². The lowest BCUT2D eigenvalue weighted by molar-refractivity contribution is 0.300. The zero-order valence-electron chi connectivity index (χ0n) is 6.38. The van der Waals surface area contributed by atoms with Crippen LogP contribution in [0.1, 0.15) is 13.3 Å². The van der Waals surface area contributed by atoms with Crippen molar-refractivity contribution in [1.82, 2.24) is 4.98 Å². The number of ether oxygens (including phenoxy) is 1. The molecule has 0 atom stereocenters. The zero-order chi connectivity index (χ0) is 8.10. The molecule has 60 valence electrons. The van der Waals surface area contributed by atoms with Gasteiger partial charge in [0.1, 0.15) is 0 Å². The number of rotatable bonds is 3. The highest BCUT2D eigenvalue weighted by molar-refractivity contribution is 5.09. The molecule has 1 rings (SSSR count). The van der Waals surface area contributed by atoms with Gasteiger partial charge in [-0.15, -0.1) is 0 Å². The van der Waals surface area contributed by atoms with E-state index in [2.05, 4.69) is 4.98 Å². The normalized spacial score (nSPS) is 9.64. The molecule has 0 aliphatic rings. The van der Waals surface area contributed by atoms with Crippen LogP contribution in [0, 0.1) is 5.95 Å². The maximum atomic E-state index is 12.4. The molecular weight excluding hydrogens is 145 g/mol. The van der Waals surface area contributed by atoms with Crippen molar-refractivity contribution in [3.63, 3.8) is 0 Å². The first-order valence-electron chi connectivity index (χ1n) is 3.58. The Balaban J connectivity index is 2.56. The lowest BCUT2D eigenvalue weighted by atomic mass is 10.5. The lowest BCUT2D eigenvalue weighted by Crippen LogP contribution is -1.97. The Labute approximate surface area is 65.0 Å². The molecule has 2 nitrogen and oxygen atoms in total. The lowest BCUT2D eigenvalue weighted by Gasteiger charge is -2.01. The van der Waals surface area contributed by atoms with Crippen molar-refractivity contribution < 1.29 is 9.13 Å². The van der Waals surface area contributed by atoms with E-state index in [4.69, 9.17) is 4.74 Å². The van der Waals surface area contributed by atoms with Crippen molar-refractivity contribution in [2.24, 2.45) is 0 Å². The molecule has 11 heavy (non-hydrogen) atoms. The first-order valence-corrected chi connectivity index (χ1v) is 3.58. The van der Waals surface area contributed by atoms with Gasteiger partial charge in [-0.2, -0.15) is 9.37 Å². The van der Waals surface area contributed by atoms with Crippen molar-refractivity contribution in [3.05, 3.63) is 24.1 Å². The topological polar surface area (TPSA) is 22.1 Å². The molecule has 0 N–H and O–H groups in total. The van der Waals surface area contributed by atoms with Crippen molar-refractivity contribution in [2.45, 2.75) is 13.3 Å². The summed E-state index contributed by atoms with van der Waals surface area (Å²) in [7, 11) is 0. The first-order chi connectivity index (χ1) is 5.33. The van der Waals surface area contributed by atoms with Gasteiger partial charge in [-0.25, -0.2) is 0 Å². The minimum atomic E-state index is -0.501. The van der Waals surface area contributed by atoms with E-state index in [1.165, 1.54) is 6.07 Å². The summed E-state index contributed by atoms with van der Waals surface area (Å²) in [5.41, 5.74) is 0. The summed E-state index contributed by atoms with van der Waals surface area (Å²) in [5, 5.41) is 0. The maximum absolute atomic E-state index is 12.4. The monoisotopic (exact) mass is 155 g/mol. The average molecular weight is 155 g/mol. The van der Waals surface area contributed by atoms with Crippen LogP contribution in [0.3, 0.4) is 0 Å². The largest absolute Gasteiger partial charge is 0.478 e. The maximum Gasteiger partial charge on any atom is 0.216 e. The number of hydrogen-bond acceptors (Lipinski definition) is 2. The highest BCUT2D eigenvalue weighted by atomic mass is 19.1. The number of pyridine rings is 1. The highest BCUT2D eigenvalue weighted by Gasteiger charge is 1.94. The predicted molar refractivity (Wildman–Crippen MR) is 40.0 cm³/mol. The summed E-state index contributed by atoms with van der Waals surface area (Å²) in [6, 6.07) is 4.50.